The van der Waals surface area contributed by atoms with Crippen molar-refractivity contribution in [1.29, 1.82) is 0 Å². The maximum Gasteiger partial charge on any atom is 0.259 e. The molecule has 1 heterocycles. The van der Waals surface area contributed by atoms with Crippen LogP contribution in [0.15, 0.2) is 41.1 Å². The number of benzene rings is 1. The summed E-state index contributed by atoms with van der Waals surface area (Å²) in [5.74, 6) is -0.232. The summed E-state index contributed by atoms with van der Waals surface area (Å²) >= 11 is 9.38. The molecule has 2 rings (SSSR count). The molecule has 0 aliphatic rings. The van der Waals surface area contributed by atoms with Gasteiger partial charge in [0.05, 0.1) is 26.4 Å². The molecular weight excluding hydrogens is 354 g/mol. The number of anilines is 2. The number of carbonyl (C=O) groups is 1. The lowest BCUT2D eigenvalue weighted by Crippen LogP contribution is -2.15. The van der Waals surface area contributed by atoms with E-state index in [2.05, 4.69) is 38.5 Å². The highest BCUT2D eigenvalue weighted by atomic mass is 79.9. The molecular formula is C15H15BrClN3O. The average molecular weight is 369 g/mol. The van der Waals surface area contributed by atoms with Gasteiger partial charge in [0.2, 0.25) is 0 Å². The van der Waals surface area contributed by atoms with E-state index in [1.165, 1.54) is 0 Å². The molecule has 1 aromatic heterocycles. The van der Waals surface area contributed by atoms with Gasteiger partial charge in [0.15, 0.2) is 0 Å². The van der Waals surface area contributed by atoms with E-state index in [-0.39, 0.29) is 5.91 Å². The summed E-state index contributed by atoms with van der Waals surface area (Å²) in [6, 6.07) is 7.10. The van der Waals surface area contributed by atoms with Gasteiger partial charge in [-0.2, -0.15) is 0 Å². The lowest BCUT2D eigenvalue weighted by molar-refractivity contribution is 0.102. The van der Waals surface area contributed by atoms with Gasteiger partial charge in [-0.3, -0.25) is 9.78 Å². The zero-order chi connectivity index (χ0) is 15.2. The predicted octanol–water partition coefficient (Wildman–Crippen LogP) is 4.57. The largest absolute Gasteiger partial charge is 0.384 e. The van der Waals surface area contributed by atoms with E-state index in [1.54, 1.807) is 36.7 Å². The highest BCUT2D eigenvalue weighted by Crippen LogP contribution is 2.30. The number of amides is 1. The van der Waals surface area contributed by atoms with Crippen LogP contribution in [0.2, 0.25) is 5.02 Å². The van der Waals surface area contributed by atoms with Gasteiger partial charge in [-0.1, -0.05) is 24.6 Å². The Morgan fingerprint density at radius 2 is 2.14 bits per heavy atom. The Morgan fingerprint density at radius 3 is 2.90 bits per heavy atom. The predicted molar refractivity (Wildman–Crippen MR) is 90.1 cm³/mol. The van der Waals surface area contributed by atoms with Crippen molar-refractivity contribution in [1.82, 2.24) is 4.98 Å². The van der Waals surface area contributed by atoms with Crippen LogP contribution in [0.1, 0.15) is 23.7 Å². The molecule has 110 valence electrons. The van der Waals surface area contributed by atoms with Gasteiger partial charge < -0.3 is 10.6 Å². The third kappa shape index (κ3) is 3.95. The number of nitrogens with zero attached hydrogens (tertiary/aromatic N) is 1. The molecule has 2 N–H and O–H groups in total. The Hall–Kier alpha value is -1.59. The van der Waals surface area contributed by atoms with Crippen molar-refractivity contribution < 1.29 is 4.79 Å². The van der Waals surface area contributed by atoms with Gasteiger partial charge >= 0.3 is 0 Å². The number of hydrogen-bond acceptors (Lipinski definition) is 3. The fraction of sp³-hybridized carbons (Fsp3) is 0.200. The van der Waals surface area contributed by atoms with E-state index < -0.39 is 0 Å². The number of pyridine rings is 1. The van der Waals surface area contributed by atoms with E-state index in [0.29, 0.717) is 20.7 Å². The first-order valence-corrected chi connectivity index (χ1v) is 7.73. The molecule has 0 radical (unpaired) electrons. The molecule has 0 saturated heterocycles. The molecule has 0 bridgehead atoms. The SMILES string of the molecule is CCCNc1ccncc1C(=O)Nc1cccc(Cl)c1Br. The molecule has 2 aromatic rings. The highest BCUT2D eigenvalue weighted by molar-refractivity contribution is 9.10. The molecule has 6 heteroatoms. The minimum absolute atomic E-state index is 0.232. The summed E-state index contributed by atoms with van der Waals surface area (Å²) in [5, 5.41) is 6.60. The summed E-state index contributed by atoms with van der Waals surface area (Å²) in [6.07, 6.45) is 4.18. The van der Waals surface area contributed by atoms with Crippen LogP contribution in [0.3, 0.4) is 0 Å². The van der Waals surface area contributed by atoms with Crippen LogP contribution in [0.25, 0.3) is 0 Å². The minimum Gasteiger partial charge on any atom is -0.384 e. The smallest absolute Gasteiger partial charge is 0.259 e. The Kier molecular flexibility index (Phi) is 5.59. The van der Waals surface area contributed by atoms with Gasteiger partial charge in [-0.15, -0.1) is 0 Å². The first kappa shape index (κ1) is 15.8. The van der Waals surface area contributed by atoms with Crippen molar-refractivity contribution in [3.63, 3.8) is 0 Å². The summed E-state index contributed by atoms with van der Waals surface area (Å²) < 4.78 is 0.659. The Morgan fingerprint density at radius 1 is 1.33 bits per heavy atom. The van der Waals surface area contributed by atoms with Crippen LogP contribution in [-0.2, 0) is 0 Å². The molecule has 21 heavy (non-hydrogen) atoms. The number of carbonyl (C=O) groups excluding carboxylic acids is 1. The molecule has 0 atom stereocenters. The zero-order valence-electron chi connectivity index (χ0n) is 11.5. The molecule has 0 unspecified atom stereocenters. The van der Waals surface area contributed by atoms with Crippen molar-refractivity contribution in [3.8, 4) is 0 Å². The van der Waals surface area contributed by atoms with Gasteiger partial charge in [-0.25, -0.2) is 0 Å². The maximum absolute atomic E-state index is 12.4. The molecule has 1 amide bonds. The average Bonchev–Trinajstić information content (AvgIpc) is 2.50. The van der Waals surface area contributed by atoms with Crippen LogP contribution < -0.4 is 10.6 Å². The Labute approximate surface area is 137 Å². The molecule has 0 spiro atoms. The lowest BCUT2D eigenvalue weighted by Gasteiger charge is -2.12. The second-order valence-corrected chi connectivity index (χ2v) is 5.60. The van der Waals surface area contributed by atoms with Gasteiger partial charge in [0.1, 0.15) is 0 Å². The lowest BCUT2D eigenvalue weighted by atomic mass is 10.2. The number of aromatic nitrogens is 1. The van der Waals surface area contributed by atoms with Gasteiger partial charge in [0, 0.05) is 18.9 Å². The maximum atomic E-state index is 12.4. The van der Waals surface area contributed by atoms with Crippen molar-refractivity contribution in [3.05, 3.63) is 51.7 Å². The number of nitrogens with one attached hydrogen (secondary N) is 2. The minimum atomic E-state index is -0.232. The van der Waals surface area contributed by atoms with E-state index in [9.17, 15) is 4.79 Å². The quantitative estimate of drug-likeness (QED) is 0.812. The standard InChI is InChI=1S/C15H15BrClN3O/c1-2-7-19-12-6-8-18-9-10(12)15(21)20-13-5-3-4-11(17)14(13)16/h3-6,8-9H,2,7H2,1H3,(H,18,19)(H,20,21). The summed E-state index contributed by atoms with van der Waals surface area (Å²) in [7, 11) is 0. The van der Waals surface area contributed by atoms with E-state index in [1.807, 2.05) is 0 Å². The summed E-state index contributed by atoms with van der Waals surface area (Å²) in [6.45, 7) is 2.86. The first-order chi connectivity index (χ1) is 10.1. The van der Waals surface area contributed by atoms with Crippen LogP contribution in [0.4, 0.5) is 11.4 Å². The monoisotopic (exact) mass is 367 g/mol. The van der Waals surface area contributed by atoms with Crippen LogP contribution in [0, 0.1) is 0 Å². The van der Waals surface area contributed by atoms with E-state index >= 15 is 0 Å². The van der Waals surface area contributed by atoms with Crippen molar-refractivity contribution in [2.24, 2.45) is 0 Å². The summed E-state index contributed by atoms with van der Waals surface area (Å²) in [4.78, 5) is 16.4. The fourth-order valence-corrected chi connectivity index (χ4v) is 2.32. The Bertz CT molecular complexity index is 649. The molecule has 0 aliphatic heterocycles. The van der Waals surface area contributed by atoms with Crippen LogP contribution in [-0.4, -0.2) is 17.4 Å². The van der Waals surface area contributed by atoms with E-state index in [4.69, 9.17) is 11.6 Å². The molecule has 0 aliphatic carbocycles. The third-order valence-corrected chi connectivity index (χ3v) is 4.23. The normalized spacial score (nSPS) is 10.2. The molecule has 0 fully saturated rings. The number of rotatable bonds is 5. The van der Waals surface area contributed by atoms with Crippen molar-refractivity contribution in [2.75, 3.05) is 17.2 Å². The van der Waals surface area contributed by atoms with Crippen molar-refractivity contribution in [2.45, 2.75) is 13.3 Å². The first-order valence-electron chi connectivity index (χ1n) is 6.56. The van der Waals surface area contributed by atoms with Crippen molar-refractivity contribution >= 4 is 44.8 Å². The van der Waals surface area contributed by atoms with Crippen LogP contribution in [0.5, 0.6) is 0 Å². The third-order valence-electron chi connectivity index (χ3n) is 2.83. The fourth-order valence-electron chi connectivity index (χ4n) is 1.78. The second kappa shape index (κ2) is 7.43. The van der Waals surface area contributed by atoms with E-state index in [0.717, 1.165) is 18.7 Å². The topological polar surface area (TPSA) is 54.0 Å². The van der Waals surface area contributed by atoms with Gasteiger partial charge in [0.25, 0.3) is 5.91 Å². The zero-order valence-corrected chi connectivity index (χ0v) is 13.8. The number of halogens is 2. The Balaban J connectivity index is 2.22. The van der Waals surface area contributed by atoms with Gasteiger partial charge in [-0.05, 0) is 40.5 Å². The van der Waals surface area contributed by atoms with Crippen LogP contribution >= 0.6 is 27.5 Å². The number of hydrogen-bond donors (Lipinski definition) is 2. The summed E-state index contributed by atoms with van der Waals surface area (Å²) in [5.41, 5.74) is 1.89. The molecule has 1 aromatic carbocycles. The second-order valence-electron chi connectivity index (χ2n) is 4.40. The molecule has 4 nitrogen and oxygen atoms in total. The molecule has 0 saturated carbocycles. The highest BCUT2D eigenvalue weighted by Gasteiger charge is 2.13.